The van der Waals surface area contributed by atoms with Crippen molar-refractivity contribution in [3.8, 4) is 0 Å². The summed E-state index contributed by atoms with van der Waals surface area (Å²) in [4.78, 5) is 30.3. The Morgan fingerprint density at radius 3 is 2.50 bits per heavy atom. The van der Waals surface area contributed by atoms with E-state index >= 15 is 0 Å². The topological polar surface area (TPSA) is 74.2 Å². The molecule has 1 aromatic carbocycles. The van der Waals surface area contributed by atoms with Gasteiger partial charge in [0.2, 0.25) is 0 Å². The lowest BCUT2D eigenvalue weighted by Crippen LogP contribution is -2.49. The largest absolute Gasteiger partial charge is 0.353 e. The molecule has 4 rings (SSSR count). The van der Waals surface area contributed by atoms with Crippen molar-refractivity contribution < 1.29 is 13.6 Å². The van der Waals surface area contributed by atoms with E-state index in [1.54, 1.807) is 35.4 Å². The molecule has 7 nitrogen and oxygen atoms in total. The maximum atomic E-state index is 13.0. The smallest absolute Gasteiger partial charge is 0.288 e. The quantitative estimate of drug-likeness (QED) is 0.557. The number of hydrogen-bond donors (Lipinski definition) is 1. The first-order valence-corrected chi connectivity index (χ1v) is 11.0. The number of carbonyl (C=O) groups is 1. The van der Waals surface area contributed by atoms with Gasteiger partial charge in [-0.25, -0.2) is 15.0 Å². The summed E-state index contributed by atoms with van der Waals surface area (Å²) in [5.74, 6) is -0.0931. The molecule has 1 saturated heterocycles. The van der Waals surface area contributed by atoms with Crippen LogP contribution in [0.2, 0.25) is 0 Å². The Labute approximate surface area is 188 Å². The molecule has 0 radical (unpaired) electrons. The van der Waals surface area contributed by atoms with Gasteiger partial charge in [0.05, 0.1) is 5.56 Å². The number of aromatic nitrogens is 3. The third-order valence-corrected chi connectivity index (χ3v) is 5.76. The number of thioether (sulfide) groups is 1. The summed E-state index contributed by atoms with van der Waals surface area (Å²) in [5, 5.41) is 3.18. The van der Waals surface area contributed by atoms with Crippen LogP contribution in [0.3, 0.4) is 0 Å². The number of rotatable bonds is 6. The van der Waals surface area contributed by atoms with E-state index in [-0.39, 0.29) is 5.91 Å². The van der Waals surface area contributed by atoms with Gasteiger partial charge in [0, 0.05) is 43.3 Å². The summed E-state index contributed by atoms with van der Waals surface area (Å²) in [7, 11) is 0. The third-order valence-electron chi connectivity index (χ3n) is 4.97. The first-order chi connectivity index (χ1) is 15.5. The summed E-state index contributed by atoms with van der Waals surface area (Å²) < 4.78 is 25.7. The van der Waals surface area contributed by atoms with Crippen molar-refractivity contribution in [2.75, 3.05) is 36.4 Å². The van der Waals surface area contributed by atoms with Crippen LogP contribution in [0.5, 0.6) is 0 Å². The Morgan fingerprint density at radius 2 is 1.78 bits per heavy atom. The van der Waals surface area contributed by atoms with Gasteiger partial charge >= 0.3 is 0 Å². The predicted octanol–water partition coefficient (Wildman–Crippen LogP) is 4.20. The lowest BCUT2D eigenvalue weighted by atomic mass is 10.2. The normalized spacial score (nSPS) is 14.0. The fourth-order valence-corrected chi connectivity index (χ4v) is 4.13. The first-order valence-electron chi connectivity index (χ1n) is 10.1. The van der Waals surface area contributed by atoms with Crippen LogP contribution in [-0.4, -0.2) is 57.7 Å². The zero-order chi connectivity index (χ0) is 22.5. The summed E-state index contributed by atoms with van der Waals surface area (Å²) in [6.45, 7) is 3.92. The molecule has 166 valence electrons. The number of alkyl halides is 2. The molecule has 1 amide bonds. The van der Waals surface area contributed by atoms with Gasteiger partial charge in [-0.1, -0.05) is 30.0 Å². The molecule has 1 fully saturated rings. The van der Waals surface area contributed by atoms with Gasteiger partial charge in [0.15, 0.2) is 0 Å². The van der Waals surface area contributed by atoms with E-state index in [1.807, 2.05) is 31.2 Å². The van der Waals surface area contributed by atoms with E-state index in [9.17, 15) is 13.6 Å². The predicted molar refractivity (Wildman–Crippen MR) is 121 cm³/mol. The van der Waals surface area contributed by atoms with Gasteiger partial charge < -0.3 is 15.1 Å². The maximum absolute atomic E-state index is 13.0. The maximum Gasteiger partial charge on any atom is 0.288 e. The summed E-state index contributed by atoms with van der Waals surface area (Å²) in [5.41, 5.74) is 0.311. The molecule has 32 heavy (non-hydrogen) atoms. The van der Waals surface area contributed by atoms with Gasteiger partial charge in [-0.05, 0) is 31.2 Å². The number of piperazine rings is 1. The van der Waals surface area contributed by atoms with Gasteiger partial charge in [-0.2, -0.15) is 8.78 Å². The molecule has 0 aliphatic carbocycles. The summed E-state index contributed by atoms with van der Waals surface area (Å²) in [6.07, 6.45) is 1.70. The molecule has 3 heterocycles. The van der Waals surface area contributed by atoms with E-state index in [4.69, 9.17) is 0 Å². The van der Waals surface area contributed by atoms with E-state index in [2.05, 4.69) is 25.2 Å². The van der Waals surface area contributed by atoms with Crippen LogP contribution in [-0.2, 0) is 0 Å². The van der Waals surface area contributed by atoms with Crippen molar-refractivity contribution in [2.45, 2.75) is 17.6 Å². The highest BCUT2D eigenvalue weighted by Gasteiger charge is 2.25. The van der Waals surface area contributed by atoms with Crippen molar-refractivity contribution in [1.82, 2.24) is 19.9 Å². The second-order valence-corrected chi connectivity index (χ2v) is 8.18. The number of halogens is 2. The number of aryl methyl sites for hydroxylation is 1. The molecule has 10 heteroatoms. The van der Waals surface area contributed by atoms with Crippen molar-refractivity contribution >= 4 is 35.1 Å². The van der Waals surface area contributed by atoms with Gasteiger partial charge in [0.25, 0.3) is 11.7 Å². The van der Waals surface area contributed by atoms with Crippen molar-refractivity contribution in [3.63, 3.8) is 0 Å². The lowest BCUT2D eigenvalue weighted by Gasteiger charge is -2.35. The van der Waals surface area contributed by atoms with Crippen molar-refractivity contribution in [3.05, 3.63) is 66.1 Å². The number of amides is 1. The standard InChI is InChI=1S/C22H22F2N6OS/c1-15-26-19(28-18-8-4-5-9-25-18)14-20(27-15)29-10-12-30(13-11-29)21(31)16-6-2-3-7-17(16)32-22(23)24/h2-9,14,22H,10-13H2,1H3,(H,25,26,27,28). The Morgan fingerprint density at radius 1 is 1.03 bits per heavy atom. The highest BCUT2D eigenvalue weighted by Crippen LogP contribution is 2.29. The number of nitrogens with one attached hydrogen (secondary N) is 1. The molecule has 0 saturated carbocycles. The molecule has 0 bridgehead atoms. The lowest BCUT2D eigenvalue weighted by molar-refractivity contribution is 0.0743. The van der Waals surface area contributed by atoms with Gasteiger partial charge in [-0.15, -0.1) is 0 Å². The third kappa shape index (κ3) is 5.31. The van der Waals surface area contributed by atoms with E-state index in [0.29, 0.717) is 65.9 Å². The number of hydrogen-bond acceptors (Lipinski definition) is 7. The minimum absolute atomic E-state index is 0.232. The molecule has 3 aromatic rings. The highest BCUT2D eigenvalue weighted by atomic mass is 32.2. The average Bonchev–Trinajstić information content (AvgIpc) is 2.79. The second kappa shape index (κ2) is 9.90. The fraction of sp³-hybridized carbons (Fsp3) is 0.273. The van der Waals surface area contributed by atoms with E-state index in [0.717, 1.165) is 5.82 Å². The molecule has 1 aliphatic heterocycles. The Hall–Kier alpha value is -3.27. The zero-order valence-corrected chi connectivity index (χ0v) is 18.2. The average molecular weight is 457 g/mol. The molecule has 0 unspecified atom stereocenters. The fourth-order valence-electron chi connectivity index (χ4n) is 3.50. The second-order valence-electron chi connectivity index (χ2n) is 7.15. The van der Waals surface area contributed by atoms with Gasteiger partial charge in [0.1, 0.15) is 23.3 Å². The molecule has 1 N–H and O–H groups in total. The minimum Gasteiger partial charge on any atom is -0.353 e. The number of pyridine rings is 1. The summed E-state index contributed by atoms with van der Waals surface area (Å²) in [6, 6.07) is 13.9. The number of anilines is 3. The molecule has 2 aromatic heterocycles. The summed E-state index contributed by atoms with van der Waals surface area (Å²) >= 11 is 0.398. The van der Waals surface area contributed by atoms with E-state index in [1.165, 1.54) is 0 Å². The molecular formula is C22H22F2N6OS. The minimum atomic E-state index is -2.57. The Bertz CT molecular complexity index is 1080. The zero-order valence-electron chi connectivity index (χ0n) is 17.4. The van der Waals surface area contributed by atoms with Crippen LogP contribution in [0.4, 0.5) is 26.2 Å². The first kappa shape index (κ1) is 21.9. The van der Waals surface area contributed by atoms with Crippen LogP contribution >= 0.6 is 11.8 Å². The molecule has 1 aliphatic rings. The van der Waals surface area contributed by atoms with Crippen LogP contribution in [0.15, 0.2) is 59.6 Å². The van der Waals surface area contributed by atoms with Crippen molar-refractivity contribution in [1.29, 1.82) is 0 Å². The van der Waals surface area contributed by atoms with Crippen LogP contribution in [0.1, 0.15) is 16.2 Å². The van der Waals surface area contributed by atoms with Gasteiger partial charge in [-0.3, -0.25) is 4.79 Å². The van der Waals surface area contributed by atoms with Crippen LogP contribution < -0.4 is 10.2 Å². The molecular weight excluding hydrogens is 434 g/mol. The SMILES string of the molecule is Cc1nc(Nc2ccccn2)cc(N2CCN(C(=O)c3ccccc3SC(F)F)CC2)n1. The van der Waals surface area contributed by atoms with Crippen LogP contribution in [0.25, 0.3) is 0 Å². The van der Waals surface area contributed by atoms with E-state index < -0.39 is 5.76 Å². The highest BCUT2D eigenvalue weighted by molar-refractivity contribution is 7.99. The van der Waals surface area contributed by atoms with Crippen LogP contribution in [0, 0.1) is 6.92 Å². The molecule has 0 atom stereocenters. The Kier molecular flexibility index (Phi) is 6.79. The van der Waals surface area contributed by atoms with Crippen molar-refractivity contribution in [2.24, 2.45) is 0 Å². The molecule has 0 spiro atoms. The Balaban J connectivity index is 1.43. The number of benzene rings is 1. The number of carbonyl (C=O) groups excluding carboxylic acids is 1. The monoisotopic (exact) mass is 456 g/mol. The number of nitrogens with zero attached hydrogens (tertiary/aromatic N) is 5.